The Morgan fingerprint density at radius 1 is 0.870 bits per heavy atom. The second-order valence-electron chi connectivity index (χ2n) is 7.07. The summed E-state index contributed by atoms with van der Waals surface area (Å²) < 4.78 is 0. The predicted molar refractivity (Wildman–Crippen MR) is 100 cm³/mol. The molecule has 0 saturated carbocycles. The quantitative estimate of drug-likeness (QED) is 0.754. The molecular formula is C21H26N2. The van der Waals surface area contributed by atoms with Crippen molar-refractivity contribution in [2.45, 2.75) is 40.0 Å². The first-order valence-corrected chi connectivity index (χ1v) is 8.22. The molecule has 0 spiro atoms. The molecule has 0 aliphatic heterocycles. The molecule has 0 bridgehead atoms. The van der Waals surface area contributed by atoms with E-state index in [0.717, 1.165) is 11.3 Å². The van der Waals surface area contributed by atoms with E-state index in [1.807, 2.05) is 14.1 Å². The van der Waals surface area contributed by atoms with Crippen molar-refractivity contribution in [2.75, 3.05) is 19.0 Å². The molecule has 1 aromatic heterocycles. The highest BCUT2D eigenvalue weighted by Gasteiger charge is 2.39. The van der Waals surface area contributed by atoms with Gasteiger partial charge in [-0.1, -0.05) is 29.3 Å². The molecule has 0 saturated heterocycles. The number of anilines is 1. The molecule has 2 aromatic rings. The first-order valence-electron chi connectivity index (χ1n) is 8.22. The number of nitrogens with zero attached hydrogens (tertiary/aromatic N) is 2. The molecule has 1 aromatic carbocycles. The van der Waals surface area contributed by atoms with E-state index in [2.05, 4.69) is 69.9 Å². The van der Waals surface area contributed by atoms with Crippen LogP contribution in [0.3, 0.4) is 0 Å². The van der Waals surface area contributed by atoms with E-state index in [-0.39, 0.29) is 5.41 Å². The number of rotatable bonds is 2. The molecule has 0 amide bonds. The van der Waals surface area contributed by atoms with Crippen LogP contribution in [0, 0.1) is 0 Å². The Morgan fingerprint density at radius 3 is 2.04 bits per heavy atom. The lowest BCUT2D eigenvalue weighted by Crippen LogP contribution is -2.24. The first-order chi connectivity index (χ1) is 10.8. The molecule has 2 nitrogen and oxygen atoms in total. The van der Waals surface area contributed by atoms with E-state index in [9.17, 15) is 0 Å². The molecule has 1 aliphatic rings. The summed E-state index contributed by atoms with van der Waals surface area (Å²) >= 11 is 0. The van der Waals surface area contributed by atoms with Gasteiger partial charge in [-0.2, -0.15) is 0 Å². The van der Waals surface area contributed by atoms with Crippen molar-refractivity contribution >= 4 is 16.7 Å². The fraction of sp³-hybridized carbons (Fsp3) is 0.381. The fourth-order valence-electron chi connectivity index (χ4n) is 3.79. The van der Waals surface area contributed by atoms with Gasteiger partial charge in [0, 0.05) is 24.9 Å². The van der Waals surface area contributed by atoms with E-state index in [0.29, 0.717) is 0 Å². The largest absolute Gasteiger partial charge is 0.363 e. The van der Waals surface area contributed by atoms with Crippen LogP contribution in [0.15, 0.2) is 52.6 Å². The van der Waals surface area contributed by atoms with Crippen LogP contribution >= 0.6 is 0 Å². The van der Waals surface area contributed by atoms with Gasteiger partial charge in [0.15, 0.2) is 0 Å². The minimum Gasteiger partial charge on any atom is -0.363 e. The van der Waals surface area contributed by atoms with Gasteiger partial charge in [0.2, 0.25) is 0 Å². The highest BCUT2D eigenvalue weighted by Crippen LogP contribution is 2.49. The number of hydrogen-bond donors (Lipinski definition) is 0. The number of hydrogen-bond acceptors (Lipinski definition) is 2. The fourth-order valence-corrected chi connectivity index (χ4v) is 3.79. The topological polar surface area (TPSA) is 16.1 Å². The molecule has 1 aliphatic carbocycles. The standard InChI is InChI=1S/C21H26N2/c1-13-14(2)16(4)21(5,15(13)3)18-10-8-9-17-11-12-19(23(6)7)22-20(17)18/h8-12H,1-7H3. The van der Waals surface area contributed by atoms with Crippen molar-refractivity contribution in [1.82, 2.24) is 4.98 Å². The Kier molecular flexibility index (Phi) is 3.59. The maximum atomic E-state index is 4.96. The summed E-state index contributed by atoms with van der Waals surface area (Å²) in [4.78, 5) is 7.03. The number of aromatic nitrogens is 1. The molecule has 0 radical (unpaired) electrons. The van der Waals surface area contributed by atoms with Crippen LogP contribution in [-0.2, 0) is 5.41 Å². The van der Waals surface area contributed by atoms with Crippen molar-refractivity contribution < 1.29 is 0 Å². The van der Waals surface area contributed by atoms with E-state index in [1.165, 1.54) is 33.2 Å². The van der Waals surface area contributed by atoms with Crippen LogP contribution in [0.4, 0.5) is 5.82 Å². The Hall–Kier alpha value is -2.09. The van der Waals surface area contributed by atoms with Gasteiger partial charge in [0.25, 0.3) is 0 Å². The third-order valence-electron chi connectivity index (χ3n) is 5.89. The highest BCUT2D eigenvalue weighted by atomic mass is 15.1. The Labute approximate surface area is 139 Å². The second kappa shape index (κ2) is 5.23. The van der Waals surface area contributed by atoms with Crippen molar-refractivity contribution in [3.05, 3.63) is 58.2 Å². The molecule has 3 rings (SSSR count). The minimum absolute atomic E-state index is 0.0639. The molecule has 23 heavy (non-hydrogen) atoms. The zero-order valence-corrected chi connectivity index (χ0v) is 15.3. The van der Waals surface area contributed by atoms with Gasteiger partial charge in [0.1, 0.15) is 5.82 Å². The van der Waals surface area contributed by atoms with Crippen LogP contribution in [-0.4, -0.2) is 19.1 Å². The van der Waals surface area contributed by atoms with Crippen LogP contribution in [0.25, 0.3) is 10.9 Å². The van der Waals surface area contributed by atoms with E-state index in [1.54, 1.807) is 0 Å². The number of fused-ring (bicyclic) bond motifs is 1. The molecule has 1 heterocycles. The normalized spacial score (nSPS) is 17.3. The molecule has 0 atom stereocenters. The van der Waals surface area contributed by atoms with Gasteiger partial charge in [-0.05, 0) is 63.5 Å². The summed E-state index contributed by atoms with van der Waals surface area (Å²) in [5, 5.41) is 1.21. The lowest BCUT2D eigenvalue weighted by atomic mass is 9.72. The third-order valence-corrected chi connectivity index (χ3v) is 5.89. The van der Waals surface area contributed by atoms with Crippen LogP contribution in [0.2, 0.25) is 0 Å². The summed E-state index contributed by atoms with van der Waals surface area (Å²) in [5.41, 5.74) is 8.09. The number of pyridine rings is 1. The zero-order chi connectivity index (χ0) is 16.9. The monoisotopic (exact) mass is 306 g/mol. The van der Waals surface area contributed by atoms with Crippen molar-refractivity contribution in [3.8, 4) is 0 Å². The third kappa shape index (κ3) is 2.12. The lowest BCUT2D eigenvalue weighted by Gasteiger charge is -2.31. The summed E-state index contributed by atoms with van der Waals surface area (Å²) in [6, 6.07) is 10.8. The van der Waals surface area contributed by atoms with Crippen LogP contribution in [0.5, 0.6) is 0 Å². The minimum atomic E-state index is -0.0639. The van der Waals surface area contributed by atoms with Crippen LogP contribution < -0.4 is 4.90 Å². The number of allylic oxidation sites excluding steroid dienone is 4. The van der Waals surface area contributed by atoms with E-state index >= 15 is 0 Å². The molecule has 0 unspecified atom stereocenters. The summed E-state index contributed by atoms with van der Waals surface area (Å²) in [7, 11) is 4.08. The maximum Gasteiger partial charge on any atom is 0.128 e. The Morgan fingerprint density at radius 2 is 1.48 bits per heavy atom. The summed E-state index contributed by atoms with van der Waals surface area (Å²) in [5.74, 6) is 1.00. The molecule has 120 valence electrons. The van der Waals surface area contributed by atoms with Gasteiger partial charge < -0.3 is 4.90 Å². The SMILES string of the molecule is CC1=C(C)C(C)(c2cccc3ccc(N(C)C)nc23)C(C)=C1C. The average Bonchev–Trinajstić information content (AvgIpc) is 2.70. The molecule has 2 heteroatoms. The number of para-hydroxylation sites is 1. The predicted octanol–water partition coefficient (Wildman–Crippen LogP) is 5.24. The second-order valence-corrected chi connectivity index (χ2v) is 7.07. The summed E-state index contributed by atoms with van der Waals surface area (Å²) in [6.07, 6.45) is 0. The smallest absolute Gasteiger partial charge is 0.128 e. The van der Waals surface area contributed by atoms with Crippen LogP contribution in [0.1, 0.15) is 40.2 Å². The van der Waals surface area contributed by atoms with E-state index in [4.69, 9.17) is 4.98 Å². The molecule has 0 N–H and O–H groups in total. The first kappa shape index (κ1) is 15.8. The van der Waals surface area contributed by atoms with E-state index < -0.39 is 0 Å². The van der Waals surface area contributed by atoms with Gasteiger partial charge in [-0.15, -0.1) is 0 Å². The van der Waals surface area contributed by atoms with Crippen molar-refractivity contribution in [1.29, 1.82) is 0 Å². The number of benzene rings is 1. The molecular weight excluding hydrogens is 280 g/mol. The van der Waals surface area contributed by atoms with Crippen molar-refractivity contribution in [2.24, 2.45) is 0 Å². The van der Waals surface area contributed by atoms with Gasteiger partial charge in [-0.25, -0.2) is 4.98 Å². The molecule has 0 fully saturated rings. The average molecular weight is 306 g/mol. The van der Waals surface area contributed by atoms with Gasteiger partial charge in [-0.3, -0.25) is 0 Å². The summed E-state index contributed by atoms with van der Waals surface area (Å²) in [6.45, 7) is 11.4. The lowest BCUT2D eigenvalue weighted by molar-refractivity contribution is 0.671. The highest BCUT2D eigenvalue weighted by molar-refractivity contribution is 5.86. The van der Waals surface area contributed by atoms with Crippen molar-refractivity contribution in [3.63, 3.8) is 0 Å². The Balaban J connectivity index is 2.35. The maximum absolute atomic E-state index is 4.96. The van der Waals surface area contributed by atoms with Gasteiger partial charge >= 0.3 is 0 Å². The Bertz CT molecular complexity index is 829. The zero-order valence-electron chi connectivity index (χ0n) is 15.3. The van der Waals surface area contributed by atoms with Gasteiger partial charge in [0.05, 0.1) is 5.52 Å².